The van der Waals surface area contributed by atoms with Gasteiger partial charge in [-0.3, -0.25) is 4.68 Å². The number of nitrogens with zero attached hydrogens (tertiary/aromatic N) is 2. The van der Waals surface area contributed by atoms with Crippen molar-refractivity contribution in [3.63, 3.8) is 0 Å². The number of nitrogens with one attached hydrogen (secondary N) is 1. The molecule has 0 saturated heterocycles. The molecule has 0 bridgehead atoms. The molecular formula is C16H22BrN3S. The predicted molar refractivity (Wildman–Crippen MR) is 92.8 cm³/mol. The minimum Gasteiger partial charge on any atom is -0.308 e. The van der Waals surface area contributed by atoms with Crippen LogP contribution in [0.2, 0.25) is 0 Å². The lowest BCUT2D eigenvalue weighted by Gasteiger charge is -2.21. The van der Waals surface area contributed by atoms with Crippen LogP contribution < -0.4 is 5.32 Å². The fraction of sp³-hybridized carbons (Fsp3) is 0.438. The summed E-state index contributed by atoms with van der Waals surface area (Å²) in [6.07, 6.45) is 0. The lowest BCUT2D eigenvalue weighted by molar-refractivity contribution is 0.421. The molecule has 5 heteroatoms. The molecule has 0 unspecified atom stereocenters. The molecule has 1 heterocycles. The van der Waals surface area contributed by atoms with Crippen molar-refractivity contribution in [2.45, 2.75) is 49.7 Å². The van der Waals surface area contributed by atoms with Crippen LogP contribution in [0.15, 0.2) is 38.7 Å². The molecule has 2 rings (SSSR count). The Morgan fingerprint density at radius 2 is 1.95 bits per heavy atom. The summed E-state index contributed by atoms with van der Waals surface area (Å²) in [7, 11) is 2.01. The van der Waals surface area contributed by atoms with Crippen molar-refractivity contribution in [3.8, 4) is 0 Å². The Bertz CT molecular complexity index is 629. The molecule has 0 saturated carbocycles. The summed E-state index contributed by atoms with van der Waals surface area (Å²) >= 11 is 5.37. The van der Waals surface area contributed by atoms with Crippen LogP contribution in [0.5, 0.6) is 0 Å². The standard InChI is InChI=1S/C16H22BrN3S/c1-11-12(10-18-16(2,3)4)15(20(5)19-11)21-14-9-7-6-8-13(14)17/h6-9,18H,10H2,1-5H3. The lowest BCUT2D eigenvalue weighted by Crippen LogP contribution is -2.35. The molecule has 1 N–H and O–H groups in total. The highest BCUT2D eigenvalue weighted by molar-refractivity contribution is 9.10. The summed E-state index contributed by atoms with van der Waals surface area (Å²) in [4.78, 5) is 1.21. The maximum Gasteiger partial charge on any atom is 0.103 e. The van der Waals surface area contributed by atoms with E-state index in [-0.39, 0.29) is 5.54 Å². The van der Waals surface area contributed by atoms with E-state index in [4.69, 9.17) is 0 Å². The molecule has 0 amide bonds. The third kappa shape index (κ3) is 4.34. The van der Waals surface area contributed by atoms with E-state index < -0.39 is 0 Å². The molecule has 1 aromatic heterocycles. The maximum atomic E-state index is 4.58. The van der Waals surface area contributed by atoms with Gasteiger partial charge in [0.05, 0.1) is 5.69 Å². The largest absolute Gasteiger partial charge is 0.308 e. The van der Waals surface area contributed by atoms with Crippen LogP contribution in [0.4, 0.5) is 0 Å². The molecule has 0 aliphatic rings. The first-order valence-electron chi connectivity index (χ1n) is 6.98. The summed E-state index contributed by atoms with van der Waals surface area (Å²) in [5.74, 6) is 0. The van der Waals surface area contributed by atoms with Gasteiger partial charge in [-0.15, -0.1) is 0 Å². The van der Waals surface area contributed by atoms with Crippen LogP contribution in [0.25, 0.3) is 0 Å². The van der Waals surface area contributed by atoms with E-state index in [1.807, 2.05) is 17.8 Å². The van der Waals surface area contributed by atoms with Crippen molar-refractivity contribution in [1.82, 2.24) is 15.1 Å². The predicted octanol–water partition coefficient (Wildman–Crippen LogP) is 4.53. The highest BCUT2D eigenvalue weighted by Gasteiger charge is 2.17. The molecule has 114 valence electrons. The van der Waals surface area contributed by atoms with Gasteiger partial charge in [-0.25, -0.2) is 0 Å². The summed E-state index contributed by atoms with van der Waals surface area (Å²) in [6.45, 7) is 9.44. The molecule has 0 atom stereocenters. The average molecular weight is 368 g/mol. The van der Waals surface area contributed by atoms with E-state index in [1.165, 1.54) is 15.5 Å². The molecule has 0 radical (unpaired) electrons. The minimum absolute atomic E-state index is 0.0948. The SMILES string of the molecule is Cc1nn(C)c(Sc2ccccc2Br)c1CNC(C)(C)C. The topological polar surface area (TPSA) is 29.9 Å². The van der Waals surface area contributed by atoms with Crippen LogP contribution in [-0.4, -0.2) is 15.3 Å². The molecule has 3 nitrogen and oxygen atoms in total. The first kappa shape index (κ1) is 16.6. The number of benzene rings is 1. The smallest absolute Gasteiger partial charge is 0.103 e. The first-order valence-corrected chi connectivity index (χ1v) is 8.59. The number of aryl methyl sites for hydroxylation is 2. The van der Waals surface area contributed by atoms with Crippen molar-refractivity contribution in [1.29, 1.82) is 0 Å². The number of halogens is 1. The second kappa shape index (κ2) is 6.55. The quantitative estimate of drug-likeness (QED) is 0.860. The minimum atomic E-state index is 0.0948. The van der Waals surface area contributed by atoms with Crippen LogP contribution >= 0.6 is 27.7 Å². The molecular weight excluding hydrogens is 346 g/mol. The van der Waals surface area contributed by atoms with Crippen molar-refractivity contribution >= 4 is 27.7 Å². The second-order valence-electron chi connectivity index (χ2n) is 6.13. The van der Waals surface area contributed by atoms with E-state index >= 15 is 0 Å². The van der Waals surface area contributed by atoms with Crippen molar-refractivity contribution in [2.24, 2.45) is 7.05 Å². The van der Waals surface area contributed by atoms with Gasteiger partial charge in [0.1, 0.15) is 5.03 Å². The van der Waals surface area contributed by atoms with Gasteiger partial charge in [0.15, 0.2) is 0 Å². The Morgan fingerprint density at radius 1 is 1.29 bits per heavy atom. The van der Waals surface area contributed by atoms with Crippen molar-refractivity contribution in [2.75, 3.05) is 0 Å². The van der Waals surface area contributed by atoms with Gasteiger partial charge < -0.3 is 5.32 Å². The van der Waals surface area contributed by atoms with E-state index in [0.717, 1.165) is 16.7 Å². The molecule has 0 spiro atoms. The average Bonchev–Trinajstić information content (AvgIpc) is 2.63. The van der Waals surface area contributed by atoms with Gasteiger partial charge in [0, 0.05) is 34.1 Å². The normalized spacial score (nSPS) is 11.9. The highest BCUT2D eigenvalue weighted by Crippen LogP contribution is 2.35. The zero-order chi connectivity index (χ0) is 15.6. The summed E-state index contributed by atoms with van der Waals surface area (Å²) < 4.78 is 3.09. The van der Waals surface area contributed by atoms with Crippen LogP contribution in [0.1, 0.15) is 32.0 Å². The molecule has 0 aliphatic heterocycles. The van der Waals surface area contributed by atoms with Gasteiger partial charge in [-0.2, -0.15) is 5.10 Å². The summed E-state index contributed by atoms with van der Waals surface area (Å²) in [5.41, 5.74) is 2.45. The second-order valence-corrected chi connectivity index (χ2v) is 8.01. The van der Waals surface area contributed by atoms with Crippen molar-refractivity contribution < 1.29 is 0 Å². The van der Waals surface area contributed by atoms with Gasteiger partial charge in [-0.05, 0) is 55.8 Å². The summed E-state index contributed by atoms with van der Waals surface area (Å²) in [5, 5.41) is 9.32. The van der Waals surface area contributed by atoms with E-state index in [2.05, 4.69) is 72.2 Å². The van der Waals surface area contributed by atoms with Gasteiger partial charge in [0.2, 0.25) is 0 Å². The third-order valence-electron chi connectivity index (χ3n) is 3.13. The molecule has 0 fully saturated rings. The fourth-order valence-electron chi connectivity index (χ4n) is 2.00. The Morgan fingerprint density at radius 3 is 2.57 bits per heavy atom. The van der Waals surface area contributed by atoms with Crippen LogP contribution in [-0.2, 0) is 13.6 Å². The number of aromatic nitrogens is 2. The lowest BCUT2D eigenvalue weighted by atomic mass is 10.1. The third-order valence-corrected chi connectivity index (χ3v) is 5.36. The molecule has 2 aromatic rings. The van der Waals surface area contributed by atoms with E-state index in [1.54, 1.807) is 11.8 Å². The highest BCUT2D eigenvalue weighted by atomic mass is 79.9. The van der Waals surface area contributed by atoms with Gasteiger partial charge in [-0.1, -0.05) is 23.9 Å². The maximum absolute atomic E-state index is 4.58. The monoisotopic (exact) mass is 367 g/mol. The number of rotatable bonds is 4. The Hall–Kier alpha value is -0.780. The van der Waals surface area contributed by atoms with Crippen molar-refractivity contribution in [3.05, 3.63) is 40.0 Å². The Balaban J connectivity index is 2.29. The molecule has 0 aliphatic carbocycles. The zero-order valence-corrected chi connectivity index (χ0v) is 15.6. The first-order chi connectivity index (χ1) is 9.78. The number of hydrogen-bond acceptors (Lipinski definition) is 3. The van der Waals surface area contributed by atoms with Crippen LogP contribution in [0.3, 0.4) is 0 Å². The fourth-order valence-corrected chi connectivity index (χ4v) is 3.56. The van der Waals surface area contributed by atoms with E-state index in [0.29, 0.717) is 0 Å². The van der Waals surface area contributed by atoms with Crippen LogP contribution in [0, 0.1) is 6.92 Å². The zero-order valence-electron chi connectivity index (χ0n) is 13.2. The number of hydrogen-bond donors (Lipinski definition) is 1. The van der Waals surface area contributed by atoms with Gasteiger partial charge in [0.25, 0.3) is 0 Å². The Kier molecular flexibility index (Phi) is 5.17. The van der Waals surface area contributed by atoms with Gasteiger partial charge >= 0.3 is 0 Å². The Labute approximate surface area is 139 Å². The molecule has 1 aromatic carbocycles. The molecule has 21 heavy (non-hydrogen) atoms. The van der Waals surface area contributed by atoms with E-state index in [9.17, 15) is 0 Å². The summed E-state index contributed by atoms with van der Waals surface area (Å²) in [6, 6.07) is 8.28.